The minimum atomic E-state index is -1.05. The molecule has 0 fully saturated rings. The fourth-order valence-electron chi connectivity index (χ4n) is 2.43. The smallest absolute Gasteiger partial charge is 0.126 e. The molecule has 19 heavy (non-hydrogen) atoms. The molecule has 2 aromatic rings. The molecule has 0 bridgehead atoms. The Morgan fingerprint density at radius 2 is 1.74 bits per heavy atom. The maximum absolute atomic E-state index is 13.4. The monoisotopic (exact) mass is 258 g/mol. The summed E-state index contributed by atoms with van der Waals surface area (Å²) in [6, 6.07) is 14.4. The molecule has 1 unspecified atom stereocenters. The quantitative estimate of drug-likeness (QED) is 0.872. The lowest BCUT2D eigenvalue weighted by Crippen LogP contribution is -2.27. The standard InChI is InChI=1S/C17H19FO/c1-3-11-17(19,14-7-5-4-6-8-14)15-9-10-16(18)13(2)12-15/h4-10,12,19H,3,11H2,1-2H3. The van der Waals surface area contributed by atoms with Crippen molar-refractivity contribution in [1.82, 2.24) is 0 Å². The van der Waals surface area contributed by atoms with Crippen LogP contribution >= 0.6 is 0 Å². The van der Waals surface area contributed by atoms with Crippen LogP contribution in [0.4, 0.5) is 4.39 Å². The number of hydrogen-bond acceptors (Lipinski definition) is 1. The van der Waals surface area contributed by atoms with E-state index in [-0.39, 0.29) is 5.82 Å². The number of hydrogen-bond donors (Lipinski definition) is 1. The van der Waals surface area contributed by atoms with Gasteiger partial charge in [0.2, 0.25) is 0 Å². The molecular weight excluding hydrogens is 239 g/mol. The number of halogens is 1. The number of aryl methyl sites for hydroxylation is 1. The highest BCUT2D eigenvalue weighted by molar-refractivity contribution is 5.38. The summed E-state index contributed by atoms with van der Waals surface area (Å²) >= 11 is 0. The van der Waals surface area contributed by atoms with E-state index in [0.29, 0.717) is 12.0 Å². The van der Waals surface area contributed by atoms with Gasteiger partial charge < -0.3 is 5.11 Å². The van der Waals surface area contributed by atoms with Gasteiger partial charge in [-0.25, -0.2) is 4.39 Å². The molecule has 2 rings (SSSR count). The first-order valence-corrected chi connectivity index (χ1v) is 6.62. The Labute approximate surface area is 113 Å². The van der Waals surface area contributed by atoms with Gasteiger partial charge in [-0.05, 0) is 42.2 Å². The van der Waals surface area contributed by atoms with E-state index in [4.69, 9.17) is 0 Å². The van der Waals surface area contributed by atoms with Crippen LogP contribution in [0, 0.1) is 12.7 Å². The van der Waals surface area contributed by atoms with Crippen molar-refractivity contribution in [2.75, 3.05) is 0 Å². The highest BCUT2D eigenvalue weighted by Gasteiger charge is 2.30. The van der Waals surface area contributed by atoms with E-state index in [0.717, 1.165) is 17.5 Å². The lowest BCUT2D eigenvalue weighted by Gasteiger charge is -2.29. The van der Waals surface area contributed by atoms with Gasteiger partial charge in [0.15, 0.2) is 0 Å². The van der Waals surface area contributed by atoms with Crippen molar-refractivity contribution in [2.24, 2.45) is 0 Å². The highest BCUT2D eigenvalue weighted by Crippen LogP contribution is 2.34. The summed E-state index contributed by atoms with van der Waals surface area (Å²) in [5, 5.41) is 11.0. The Bertz CT molecular complexity index is 550. The number of benzene rings is 2. The molecule has 1 atom stereocenters. The third kappa shape index (κ3) is 2.69. The Morgan fingerprint density at radius 3 is 2.32 bits per heavy atom. The Hall–Kier alpha value is -1.67. The van der Waals surface area contributed by atoms with Crippen molar-refractivity contribution in [3.63, 3.8) is 0 Å². The minimum absolute atomic E-state index is 0.240. The van der Waals surface area contributed by atoms with Crippen molar-refractivity contribution in [3.8, 4) is 0 Å². The molecule has 2 heteroatoms. The number of rotatable bonds is 4. The summed E-state index contributed by atoms with van der Waals surface area (Å²) in [6.45, 7) is 3.75. The van der Waals surface area contributed by atoms with Crippen LogP contribution in [0.1, 0.15) is 36.5 Å². The highest BCUT2D eigenvalue weighted by atomic mass is 19.1. The summed E-state index contributed by atoms with van der Waals surface area (Å²) in [5.74, 6) is -0.240. The van der Waals surface area contributed by atoms with Gasteiger partial charge in [0.1, 0.15) is 11.4 Å². The van der Waals surface area contributed by atoms with Crippen molar-refractivity contribution in [2.45, 2.75) is 32.3 Å². The maximum Gasteiger partial charge on any atom is 0.126 e. The van der Waals surface area contributed by atoms with Gasteiger partial charge in [-0.2, -0.15) is 0 Å². The molecule has 2 aromatic carbocycles. The first-order valence-electron chi connectivity index (χ1n) is 6.62. The second-order valence-corrected chi connectivity index (χ2v) is 4.94. The van der Waals surface area contributed by atoms with Gasteiger partial charge in [0.05, 0.1) is 0 Å². The maximum atomic E-state index is 13.4. The van der Waals surface area contributed by atoms with Gasteiger partial charge >= 0.3 is 0 Å². The van der Waals surface area contributed by atoms with Crippen molar-refractivity contribution < 1.29 is 9.50 Å². The zero-order valence-electron chi connectivity index (χ0n) is 11.4. The van der Waals surface area contributed by atoms with Gasteiger partial charge in [-0.1, -0.05) is 49.7 Å². The van der Waals surface area contributed by atoms with E-state index in [2.05, 4.69) is 0 Å². The predicted molar refractivity (Wildman–Crippen MR) is 75.5 cm³/mol. The molecule has 100 valence electrons. The van der Waals surface area contributed by atoms with Gasteiger partial charge in [0.25, 0.3) is 0 Å². The van der Waals surface area contributed by atoms with Gasteiger partial charge in [-0.3, -0.25) is 0 Å². The molecule has 0 aliphatic rings. The van der Waals surface area contributed by atoms with E-state index in [9.17, 15) is 9.50 Å². The molecule has 0 saturated heterocycles. The molecule has 0 aromatic heterocycles. The first-order chi connectivity index (χ1) is 9.08. The van der Waals surface area contributed by atoms with E-state index in [1.165, 1.54) is 6.07 Å². The molecule has 0 aliphatic carbocycles. The Morgan fingerprint density at radius 1 is 1.05 bits per heavy atom. The third-order valence-corrected chi connectivity index (χ3v) is 3.50. The number of aliphatic hydroxyl groups is 1. The molecule has 1 N–H and O–H groups in total. The Kier molecular flexibility index (Phi) is 4.01. The summed E-state index contributed by atoms with van der Waals surface area (Å²) in [7, 11) is 0. The topological polar surface area (TPSA) is 20.2 Å². The van der Waals surface area contributed by atoms with Crippen molar-refractivity contribution >= 4 is 0 Å². The normalized spacial score (nSPS) is 14.1. The van der Waals surface area contributed by atoms with Crippen LogP contribution in [0.5, 0.6) is 0 Å². The zero-order valence-corrected chi connectivity index (χ0v) is 11.4. The molecule has 0 aliphatic heterocycles. The molecule has 0 spiro atoms. The average molecular weight is 258 g/mol. The molecule has 0 amide bonds. The second-order valence-electron chi connectivity index (χ2n) is 4.94. The average Bonchev–Trinajstić information content (AvgIpc) is 2.43. The predicted octanol–water partition coefficient (Wildman–Crippen LogP) is 4.17. The van der Waals surface area contributed by atoms with Crippen LogP contribution in [0.2, 0.25) is 0 Å². The third-order valence-electron chi connectivity index (χ3n) is 3.50. The van der Waals surface area contributed by atoms with E-state index >= 15 is 0 Å². The summed E-state index contributed by atoms with van der Waals surface area (Å²) in [4.78, 5) is 0. The summed E-state index contributed by atoms with van der Waals surface area (Å²) < 4.78 is 13.4. The fourth-order valence-corrected chi connectivity index (χ4v) is 2.43. The van der Waals surface area contributed by atoms with Crippen LogP contribution in [0.25, 0.3) is 0 Å². The SMILES string of the molecule is CCCC(O)(c1ccccc1)c1ccc(F)c(C)c1. The van der Waals surface area contributed by atoms with Crippen LogP contribution < -0.4 is 0 Å². The van der Waals surface area contributed by atoms with Crippen molar-refractivity contribution in [3.05, 3.63) is 71.0 Å². The second kappa shape index (κ2) is 5.54. The van der Waals surface area contributed by atoms with E-state index in [1.54, 1.807) is 19.1 Å². The molecule has 0 saturated carbocycles. The van der Waals surface area contributed by atoms with Crippen LogP contribution in [0.15, 0.2) is 48.5 Å². The van der Waals surface area contributed by atoms with Crippen LogP contribution in [0.3, 0.4) is 0 Å². The van der Waals surface area contributed by atoms with E-state index in [1.807, 2.05) is 37.3 Å². The van der Waals surface area contributed by atoms with Crippen molar-refractivity contribution in [1.29, 1.82) is 0 Å². The molecule has 1 nitrogen and oxygen atoms in total. The lowest BCUT2D eigenvalue weighted by molar-refractivity contribution is 0.0700. The first kappa shape index (κ1) is 13.8. The minimum Gasteiger partial charge on any atom is -0.380 e. The lowest BCUT2D eigenvalue weighted by atomic mass is 9.82. The largest absolute Gasteiger partial charge is 0.380 e. The zero-order chi connectivity index (χ0) is 13.9. The summed E-state index contributed by atoms with van der Waals surface area (Å²) in [6.07, 6.45) is 1.46. The van der Waals surface area contributed by atoms with Gasteiger partial charge in [0, 0.05) is 0 Å². The molecule has 0 radical (unpaired) electrons. The van der Waals surface area contributed by atoms with Crippen LogP contribution in [-0.2, 0) is 5.60 Å². The summed E-state index contributed by atoms with van der Waals surface area (Å²) in [5.41, 5.74) is 1.11. The molecular formula is C17H19FO. The van der Waals surface area contributed by atoms with E-state index < -0.39 is 5.60 Å². The fraction of sp³-hybridized carbons (Fsp3) is 0.294. The van der Waals surface area contributed by atoms with Gasteiger partial charge in [-0.15, -0.1) is 0 Å². The molecule has 0 heterocycles. The van der Waals surface area contributed by atoms with Crippen LogP contribution in [-0.4, -0.2) is 5.11 Å². The Balaban J connectivity index is 2.52.